The Hall–Kier alpha value is -2.88. The topological polar surface area (TPSA) is 111 Å². The quantitative estimate of drug-likeness (QED) is 0.439. The maximum absolute atomic E-state index is 12.8. The number of nitrogen functional groups attached to an aromatic ring is 1. The zero-order valence-electron chi connectivity index (χ0n) is 19.2. The van der Waals surface area contributed by atoms with E-state index in [1.165, 1.54) is 22.7 Å². The minimum atomic E-state index is -0.127. The number of anilines is 2. The Morgan fingerprint density at radius 2 is 2.21 bits per heavy atom. The molecule has 2 aromatic heterocycles. The van der Waals surface area contributed by atoms with Gasteiger partial charge in [0.2, 0.25) is 5.91 Å². The van der Waals surface area contributed by atoms with Crippen molar-refractivity contribution >= 4 is 45.0 Å². The first kappa shape index (κ1) is 23.3. The van der Waals surface area contributed by atoms with Crippen molar-refractivity contribution in [3.63, 3.8) is 0 Å². The number of thiazole rings is 1. The summed E-state index contributed by atoms with van der Waals surface area (Å²) in [5.74, 6) is -0.127. The molecule has 0 unspecified atom stereocenters. The number of piperidine rings is 1. The average Bonchev–Trinajstić information content (AvgIpc) is 3.21. The Morgan fingerprint density at radius 1 is 1.36 bits per heavy atom. The number of pyridine rings is 1. The molecular formula is C24H31N7OS. The molecular weight excluding hydrogens is 434 g/mol. The van der Waals surface area contributed by atoms with Crippen LogP contribution in [0.2, 0.25) is 0 Å². The van der Waals surface area contributed by atoms with Crippen LogP contribution in [-0.2, 0) is 11.2 Å². The average molecular weight is 466 g/mol. The molecule has 1 saturated heterocycles. The summed E-state index contributed by atoms with van der Waals surface area (Å²) in [7, 11) is 4.16. The van der Waals surface area contributed by atoms with Crippen LogP contribution in [0.25, 0.3) is 10.2 Å². The van der Waals surface area contributed by atoms with Crippen LogP contribution in [0.15, 0.2) is 30.6 Å². The van der Waals surface area contributed by atoms with Crippen molar-refractivity contribution in [2.75, 3.05) is 44.8 Å². The summed E-state index contributed by atoms with van der Waals surface area (Å²) >= 11 is 1.76. The number of fused-ring (bicyclic) bond motifs is 1. The lowest BCUT2D eigenvalue weighted by molar-refractivity contribution is -0.118. The molecule has 0 aliphatic carbocycles. The van der Waals surface area contributed by atoms with Gasteiger partial charge in [0.15, 0.2) is 0 Å². The number of likely N-dealkylation sites (tertiary alicyclic amines) is 1. The second kappa shape index (κ2) is 10.4. The zero-order valence-corrected chi connectivity index (χ0v) is 20.0. The van der Waals surface area contributed by atoms with Crippen LogP contribution >= 0.6 is 11.3 Å². The highest BCUT2D eigenvalue weighted by molar-refractivity contribution is 7.18. The van der Waals surface area contributed by atoms with E-state index >= 15 is 0 Å². The van der Waals surface area contributed by atoms with E-state index in [4.69, 9.17) is 16.1 Å². The number of rotatable bonds is 8. The molecule has 1 fully saturated rings. The fraction of sp³-hybridized carbons (Fsp3) is 0.417. The van der Waals surface area contributed by atoms with Crippen LogP contribution in [-0.4, -0.2) is 65.6 Å². The predicted octanol–water partition coefficient (Wildman–Crippen LogP) is 3.54. The van der Waals surface area contributed by atoms with Gasteiger partial charge in [-0.15, -0.1) is 11.3 Å². The maximum Gasteiger partial charge on any atom is 0.238 e. The third-order valence-corrected chi connectivity index (χ3v) is 7.12. The largest absolute Gasteiger partial charge is 0.396 e. The number of likely N-dealkylation sites (N-methyl/N-ethyl adjacent to an activating group) is 1. The van der Waals surface area contributed by atoms with Crippen LogP contribution in [0.1, 0.15) is 41.4 Å². The van der Waals surface area contributed by atoms with E-state index < -0.39 is 0 Å². The SMILES string of the molecule is CN(C)CCc1nc2cc([C@@H]3CCCCN3CC(=O)Nc3cncc(C=N)c3N)ccc2s1. The van der Waals surface area contributed by atoms with Gasteiger partial charge in [-0.05, 0) is 51.2 Å². The van der Waals surface area contributed by atoms with Crippen LogP contribution in [0, 0.1) is 5.41 Å². The van der Waals surface area contributed by atoms with E-state index in [1.54, 1.807) is 11.3 Å². The van der Waals surface area contributed by atoms with Crippen molar-refractivity contribution in [2.45, 2.75) is 31.7 Å². The van der Waals surface area contributed by atoms with Crippen molar-refractivity contribution in [1.29, 1.82) is 5.41 Å². The van der Waals surface area contributed by atoms with Gasteiger partial charge in [0, 0.05) is 37.0 Å². The summed E-state index contributed by atoms with van der Waals surface area (Å²) in [5.41, 5.74) is 9.62. The minimum Gasteiger partial charge on any atom is -0.396 e. The van der Waals surface area contributed by atoms with Crippen LogP contribution in [0.5, 0.6) is 0 Å². The molecule has 1 atom stereocenters. The molecule has 9 heteroatoms. The van der Waals surface area contributed by atoms with Gasteiger partial charge in [-0.25, -0.2) is 4.98 Å². The molecule has 0 bridgehead atoms. The normalized spacial score (nSPS) is 16.9. The Labute approximate surface area is 198 Å². The van der Waals surface area contributed by atoms with Crippen LogP contribution in [0.3, 0.4) is 0 Å². The number of carbonyl (C=O) groups is 1. The number of nitrogens with one attached hydrogen (secondary N) is 2. The van der Waals surface area contributed by atoms with E-state index in [9.17, 15) is 4.79 Å². The fourth-order valence-corrected chi connectivity index (χ4v) is 5.20. The van der Waals surface area contributed by atoms with Gasteiger partial charge in [0.1, 0.15) is 0 Å². The van der Waals surface area contributed by atoms with Gasteiger partial charge < -0.3 is 21.4 Å². The van der Waals surface area contributed by atoms with E-state index in [2.05, 4.69) is 52.4 Å². The van der Waals surface area contributed by atoms with Gasteiger partial charge in [0.05, 0.1) is 39.3 Å². The lowest BCUT2D eigenvalue weighted by Gasteiger charge is -2.35. The highest BCUT2D eigenvalue weighted by Gasteiger charge is 2.26. The highest BCUT2D eigenvalue weighted by atomic mass is 32.1. The van der Waals surface area contributed by atoms with E-state index in [-0.39, 0.29) is 18.5 Å². The van der Waals surface area contributed by atoms with Gasteiger partial charge in [-0.2, -0.15) is 0 Å². The molecule has 0 radical (unpaired) electrons. The van der Waals surface area contributed by atoms with Gasteiger partial charge >= 0.3 is 0 Å². The molecule has 1 aliphatic heterocycles. The summed E-state index contributed by atoms with van der Waals surface area (Å²) in [6, 6.07) is 6.74. The molecule has 0 saturated carbocycles. The lowest BCUT2D eigenvalue weighted by atomic mass is 9.95. The fourth-order valence-electron chi connectivity index (χ4n) is 4.26. The monoisotopic (exact) mass is 465 g/mol. The summed E-state index contributed by atoms with van der Waals surface area (Å²) in [4.78, 5) is 26.2. The second-order valence-corrected chi connectivity index (χ2v) is 9.87. The standard InChI is InChI=1S/C24H31N7OS/c1-30(2)10-8-23-29-18-11-16(6-7-21(18)33-23)20-5-3-4-9-31(20)15-22(32)28-19-14-27-13-17(12-25)24(19)26/h6-7,11-14,20,25H,3-5,8-10,15H2,1-2H3,(H2,26,27)(H,28,32)/t20-/m0/s1. The smallest absolute Gasteiger partial charge is 0.238 e. The number of nitrogens with two attached hydrogens (primary N) is 1. The summed E-state index contributed by atoms with van der Waals surface area (Å²) in [5, 5.41) is 11.5. The van der Waals surface area contributed by atoms with Crippen LogP contribution in [0.4, 0.5) is 11.4 Å². The molecule has 1 aliphatic rings. The summed E-state index contributed by atoms with van der Waals surface area (Å²) in [6.07, 6.45) is 8.36. The van der Waals surface area contributed by atoms with E-state index in [1.807, 2.05) is 0 Å². The number of carbonyl (C=O) groups excluding carboxylic acids is 1. The first-order valence-electron chi connectivity index (χ1n) is 11.3. The van der Waals surface area contributed by atoms with E-state index in [0.717, 1.165) is 55.5 Å². The Kier molecular flexibility index (Phi) is 7.32. The van der Waals surface area contributed by atoms with Crippen LogP contribution < -0.4 is 11.1 Å². The molecule has 4 N–H and O–H groups in total. The van der Waals surface area contributed by atoms with Crippen molar-refractivity contribution < 1.29 is 4.79 Å². The highest BCUT2D eigenvalue weighted by Crippen LogP contribution is 2.33. The molecule has 174 valence electrons. The lowest BCUT2D eigenvalue weighted by Crippen LogP contribution is -2.39. The molecule has 1 aromatic carbocycles. The summed E-state index contributed by atoms with van der Waals surface area (Å²) < 4.78 is 1.21. The zero-order chi connectivity index (χ0) is 23.4. The molecule has 3 heterocycles. The van der Waals surface area contributed by atoms with Crippen molar-refractivity contribution in [2.24, 2.45) is 0 Å². The minimum absolute atomic E-state index is 0.127. The Morgan fingerprint density at radius 3 is 3.00 bits per heavy atom. The van der Waals surface area contributed by atoms with Crippen molar-refractivity contribution in [3.8, 4) is 0 Å². The van der Waals surface area contributed by atoms with Crippen molar-refractivity contribution in [1.82, 2.24) is 19.8 Å². The molecule has 33 heavy (non-hydrogen) atoms. The third-order valence-electron chi connectivity index (χ3n) is 6.02. The van der Waals surface area contributed by atoms with E-state index in [0.29, 0.717) is 16.9 Å². The van der Waals surface area contributed by atoms with Gasteiger partial charge in [-0.1, -0.05) is 12.5 Å². The Balaban J connectivity index is 1.48. The molecule has 8 nitrogen and oxygen atoms in total. The van der Waals surface area contributed by atoms with Gasteiger partial charge in [0.25, 0.3) is 0 Å². The molecule has 4 rings (SSSR count). The van der Waals surface area contributed by atoms with Gasteiger partial charge in [-0.3, -0.25) is 14.7 Å². The number of hydrogen-bond acceptors (Lipinski definition) is 8. The first-order valence-corrected chi connectivity index (χ1v) is 12.1. The second-order valence-electron chi connectivity index (χ2n) is 8.75. The predicted molar refractivity (Wildman–Crippen MR) is 135 cm³/mol. The number of benzene rings is 1. The number of aromatic nitrogens is 2. The summed E-state index contributed by atoms with van der Waals surface area (Å²) in [6.45, 7) is 2.14. The Bertz CT molecular complexity index is 1140. The van der Waals surface area contributed by atoms with Crippen molar-refractivity contribution in [3.05, 3.63) is 46.7 Å². The molecule has 3 aromatic rings. The number of nitrogens with zero attached hydrogens (tertiary/aromatic N) is 4. The third kappa shape index (κ3) is 5.55. The molecule has 0 spiro atoms. The molecule has 1 amide bonds. The maximum atomic E-state index is 12.8. The first-order chi connectivity index (χ1) is 15.9. The number of amides is 1. The number of hydrogen-bond donors (Lipinski definition) is 3.